The molecule has 0 radical (unpaired) electrons. The van der Waals surface area contributed by atoms with Gasteiger partial charge in [-0.1, -0.05) is 0 Å². The molecule has 0 saturated heterocycles. The van der Waals surface area contributed by atoms with Crippen molar-refractivity contribution in [2.24, 2.45) is 0 Å². The second-order valence-corrected chi connectivity index (χ2v) is 4.94. The fraction of sp³-hybridized carbons (Fsp3) is 0.429. The molecule has 1 aromatic heterocycles. The van der Waals surface area contributed by atoms with Crippen LogP contribution in [-0.2, 0) is 6.54 Å². The number of aliphatic hydroxyl groups excluding tert-OH is 1. The number of hydrogen-bond donors (Lipinski definition) is 2. The molecule has 0 fully saturated rings. The van der Waals surface area contributed by atoms with E-state index in [0.717, 1.165) is 11.1 Å². The summed E-state index contributed by atoms with van der Waals surface area (Å²) >= 11 is 0. The largest absolute Gasteiger partial charge is 0.460 e. The topological polar surface area (TPSA) is 48.6 Å². The first-order valence-corrected chi connectivity index (χ1v) is 6.26. The Labute approximate surface area is 111 Å². The van der Waals surface area contributed by atoms with E-state index in [9.17, 15) is 9.50 Å². The van der Waals surface area contributed by atoms with E-state index in [1.165, 1.54) is 12.1 Å². The van der Waals surface area contributed by atoms with Gasteiger partial charge in [0.1, 0.15) is 17.2 Å². The number of halogens is 1. The van der Waals surface area contributed by atoms with E-state index < -0.39 is 6.10 Å². The van der Waals surface area contributed by atoms with Crippen molar-refractivity contribution in [1.29, 1.82) is 0 Å². The number of fused-ring (bicyclic) bond motifs is 1. The fourth-order valence-electron chi connectivity index (χ4n) is 2.00. The monoisotopic (exact) mass is 266 g/mol. The third-order valence-electron chi connectivity index (χ3n) is 2.78. The zero-order valence-corrected chi connectivity index (χ0v) is 11.2. The van der Waals surface area contributed by atoms with Crippen molar-refractivity contribution >= 4 is 11.0 Å². The average molecular weight is 266 g/mol. The summed E-state index contributed by atoms with van der Waals surface area (Å²) in [7, 11) is 3.83. The van der Waals surface area contributed by atoms with E-state index in [1.807, 2.05) is 25.1 Å². The predicted octanol–water partition coefficient (Wildman–Crippen LogP) is 1.58. The highest BCUT2D eigenvalue weighted by Crippen LogP contribution is 2.20. The Kier molecular flexibility index (Phi) is 4.52. The minimum absolute atomic E-state index is 0.269. The number of aliphatic hydroxyl groups is 1. The van der Waals surface area contributed by atoms with Gasteiger partial charge in [0.25, 0.3) is 0 Å². The van der Waals surface area contributed by atoms with Gasteiger partial charge in [-0.15, -0.1) is 0 Å². The molecule has 2 rings (SSSR count). The molecule has 0 aliphatic heterocycles. The lowest BCUT2D eigenvalue weighted by Gasteiger charge is -2.15. The van der Waals surface area contributed by atoms with Gasteiger partial charge in [0, 0.05) is 18.5 Å². The second kappa shape index (κ2) is 6.14. The highest BCUT2D eigenvalue weighted by molar-refractivity contribution is 5.77. The molecule has 0 saturated carbocycles. The van der Waals surface area contributed by atoms with Crippen molar-refractivity contribution in [3.05, 3.63) is 35.8 Å². The lowest BCUT2D eigenvalue weighted by molar-refractivity contribution is 0.134. The van der Waals surface area contributed by atoms with Gasteiger partial charge in [-0.25, -0.2) is 4.39 Å². The molecule has 19 heavy (non-hydrogen) atoms. The van der Waals surface area contributed by atoms with Gasteiger partial charge in [-0.3, -0.25) is 0 Å². The molecular weight excluding hydrogens is 247 g/mol. The van der Waals surface area contributed by atoms with E-state index in [1.54, 1.807) is 6.07 Å². The summed E-state index contributed by atoms with van der Waals surface area (Å²) in [6.07, 6.45) is -0.420. The van der Waals surface area contributed by atoms with Gasteiger partial charge in [0.2, 0.25) is 0 Å². The first-order valence-electron chi connectivity index (χ1n) is 6.26. The van der Waals surface area contributed by atoms with Crippen LogP contribution < -0.4 is 5.32 Å². The summed E-state index contributed by atoms with van der Waals surface area (Å²) in [5.41, 5.74) is 0.673. The minimum atomic E-state index is -0.420. The van der Waals surface area contributed by atoms with Gasteiger partial charge >= 0.3 is 0 Å². The SMILES string of the molecule is CN(C)CC(O)CNCc1cc2cc(F)ccc2o1. The van der Waals surface area contributed by atoms with E-state index in [-0.39, 0.29) is 5.82 Å². The number of likely N-dealkylation sites (N-methyl/N-ethyl adjacent to an activating group) is 1. The van der Waals surface area contributed by atoms with Crippen LogP contribution in [0.25, 0.3) is 11.0 Å². The van der Waals surface area contributed by atoms with Crippen LogP contribution in [-0.4, -0.2) is 43.3 Å². The molecule has 5 heteroatoms. The first-order chi connectivity index (χ1) is 9.04. The molecule has 2 N–H and O–H groups in total. The number of rotatable bonds is 6. The number of furan rings is 1. The third kappa shape index (κ3) is 4.02. The molecule has 0 spiro atoms. The zero-order chi connectivity index (χ0) is 13.8. The molecule has 0 aliphatic carbocycles. The number of nitrogens with zero attached hydrogens (tertiary/aromatic N) is 1. The molecule has 0 aliphatic rings. The molecule has 1 atom stereocenters. The van der Waals surface area contributed by atoms with Crippen molar-refractivity contribution in [2.75, 3.05) is 27.2 Å². The summed E-state index contributed by atoms with van der Waals surface area (Å²) in [6.45, 7) is 1.61. The Morgan fingerprint density at radius 1 is 1.37 bits per heavy atom. The molecule has 4 nitrogen and oxygen atoms in total. The second-order valence-electron chi connectivity index (χ2n) is 4.94. The molecule has 0 amide bonds. The Bertz CT molecular complexity index is 539. The lowest BCUT2D eigenvalue weighted by Crippen LogP contribution is -2.34. The van der Waals surface area contributed by atoms with Crippen LogP contribution in [0.1, 0.15) is 5.76 Å². The maximum Gasteiger partial charge on any atom is 0.134 e. The normalized spacial score (nSPS) is 13.3. The van der Waals surface area contributed by atoms with Crippen molar-refractivity contribution in [1.82, 2.24) is 10.2 Å². The Morgan fingerprint density at radius 3 is 2.89 bits per heavy atom. The van der Waals surface area contributed by atoms with Gasteiger partial charge in [0.05, 0.1) is 12.6 Å². The summed E-state index contributed by atoms with van der Waals surface area (Å²) in [4.78, 5) is 1.93. The zero-order valence-electron chi connectivity index (χ0n) is 11.2. The Hall–Kier alpha value is -1.43. The van der Waals surface area contributed by atoms with Crippen molar-refractivity contribution in [2.45, 2.75) is 12.6 Å². The van der Waals surface area contributed by atoms with Gasteiger partial charge in [-0.05, 0) is 38.4 Å². The van der Waals surface area contributed by atoms with Crippen LogP contribution in [0.15, 0.2) is 28.7 Å². The maximum absolute atomic E-state index is 13.0. The van der Waals surface area contributed by atoms with E-state index in [2.05, 4.69) is 5.32 Å². The molecule has 2 aromatic rings. The van der Waals surface area contributed by atoms with Gasteiger partial charge in [0.15, 0.2) is 0 Å². The summed E-state index contributed by atoms with van der Waals surface area (Å²) < 4.78 is 18.6. The quantitative estimate of drug-likeness (QED) is 0.833. The predicted molar refractivity (Wildman–Crippen MR) is 72.4 cm³/mol. The van der Waals surface area contributed by atoms with E-state index in [0.29, 0.717) is 25.2 Å². The van der Waals surface area contributed by atoms with E-state index >= 15 is 0 Å². The van der Waals surface area contributed by atoms with Crippen LogP contribution in [0, 0.1) is 5.82 Å². The molecule has 0 bridgehead atoms. The summed E-state index contributed by atoms with van der Waals surface area (Å²) in [6, 6.07) is 6.26. The third-order valence-corrected chi connectivity index (χ3v) is 2.78. The Balaban J connectivity index is 1.88. The Morgan fingerprint density at radius 2 is 2.16 bits per heavy atom. The lowest BCUT2D eigenvalue weighted by atomic mass is 10.2. The van der Waals surface area contributed by atoms with Crippen molar-refractivity contribution in [3.8, 4) is 0 Å². The number of nitrogens with one attached hydrogen (secondary N) is 1. The molecule has 1 unspecified atom stereocenters. The fourth-order valence-corrected chi connectivity index (χ4v) is 2.00. The highest BCUT2D eigenvalue weighted by atomic mass is 19.1. The molecule has 1 aromatic carbocycles. The van der Waals surface area contributed by atoms with Crippen molar-refractivity contribution < 1.29 is 13.9 Å². The van der Waals surface area contributed by atoms with E-state index in [4.69, 9.17) is 4.42 Å². The number of benzene rings is 1. The van der Waals surface area contributed by atoms with Gasteiger partial charge < -0.3 is 19.7 Å². The highest BCUT2D eigenvalue weighted by Gasteiger charge is 2.07. The summed E-state index contributed by atoms with van der Waals surface area (Å²) in [5.74, 6) is 0.465. The molecule has 104 valence electrons. The van der Waals surface area contributed by atoms with Crippen molar-refractivity contribution in [3.63, 3.8) is 0 Å². The van der Waals surface area contributed by atoms with Crippen LogP contribution in [0.5, 0.6) is 0 Å². The number of hydrogen-bond acceptors (Lipinski definition) is 4. The van der Waals surface area contributed by atoms with Crippen LogP contribution in [0.3, 0.4) is 0 Å². The van der Waals surface area contributed by atoms with Gasteiger partial charge in [-0.2, -0.15) is 0 Å². The molecule has 1 heterocycles. The standard InChI is InChI=1S/C14H19FN2O2/c1-17(2)9-12(18)7-16-8-13-6-10-5-11(15)3-4-14(10)19-13/h3-6,12,16,18H,7-9H2,1-2H3. The van der Waals surface area contributed by atoms with Crippen LogP contribution in [0.4, 0.5) is 4.39 Å². The molecular formula is C14H19FN2O2. The van der Waals surface area contributed by atoms with Crippen LogP contribution in [0.2, 0.25) is 0 Å². The minimum Gasteiger partial charge on any atom is -0.460 e. The van der Waals surface area contributed by atoms with Crippen LogP contribution >= 0.6 is 0 Å². The summed E-state index contributed by atoms with van der Waals surface area (Å²) in [5, 5.41) is 13.6. The smallest absolute Gasteiger partial charge is 0.134 e. The first kappa shape index (κ1) is 14.0. The average Bonchev–Trinajstić information content (AvgIpc) is 2.69. The maximum atomic E-state index is 13.0.